The van der Waals surface area contributed by atoms with E-state index in [9.17, 15) is 4.79 Å². The molecule has 0 radical (unpaired) electrons. The summed E-state index contributed by atoms with van der Waals surface area (Å²) in [6.07, 6.45) is 5.05. The molecule has 3 rings (SSSR count). The molecule has 2 aromatic heterocycles. The predicted molar refractivity (Wildman–Crippen MR) is 70.3 cm³/mol. The molecule has 0 saturated heterocycles. The Balaban J connectivity index is 1.44. The first-order valence-corrected chi connectivity index (χ1v) is 6.57. The maximum atomic E-state index is 11.3. The zero-order chi connectivity index (χ0) is 13.1. The molecule has 0 amide bonds. The fourth-order valence-electron chi connectivity index (χ4n) is 1.83. The van der Waals surface area contributed by atoms with Crippen LogP contribution in [0.5, 0.6) is 0 Å². The van der Waals surface area contributed by atoms with Crippen molar-refractivity contribution >= 4 is 11.5 Å². The minimum atomic E-state index is -0.275. The third kappa shape index (κ3) is 3.11. The topological polar surface area (TPSA) is 84.3 Å². The quantitative estimate of drug-likeness (QED) is 0.716. The van der Waals surface area contributed by atoms with Crippen molar-refractivity contribution < 1.29 is 4.74 Å². The van der Waals surface area contributed by atoms with Crippen LogP contribution in [0.4, 0.5) is 5.82 Å². The van der Waals surface area contributed by atoms with Crippen LogP contribution >= 0.6 is 0 Å². The average molecular weight is 263 g/mol. The zero-order valence-electron chi connectivity index (χ0n) is 10.6. The number of fused-ring (bicyclic) bond motifs is 1. The fourth-order valence-corrected chi connectivity index (χ4v) is 1.83. The van der Waals surface area contributed by atoms with Crippen molar-refractivity contribution in [3.8, 4) is 0 Å². The highest BCUT2D eigenvalue weighted by atomic mass is 16.5. The number of ether oxygens (including phenoxy) is 1. The number of rotatable bonds is 7. The van der Waals surface area contributed by atoms with E-state index >= 15 is 0 Å². The van der Waals surface area contributed by atoms with Gasteiger partial charge in [-0.1, -0.05) is 0 Å². The summed E-state index contributed by atoms with van der Waals surface area (Å²) in [5.74, 6) is 1.53. The summed E-state index contributed by atoms with van der Waals surface area (Å²) in [7, 11) is 0. The summed E-state index contributed by atoms with van der Waals surface area (Å²) in [5.41, 5.74) is 0.287. The third-order valence-electron chi connectivity index (χ3n) is 3.13. The summed E-state index contributed by atoms with van der Waals surface area (Å²) in [4.78, 5) is 15.4. The van der Waals surface area contributed by atoms with Crippen LogP contribution in [0.25, 0.3) is 5.65 Å². The Morgan fingerprint density at radius 1 is 1.53 bits per heavy atom. The first-order valence-electron chi connectivity index (χ1n) is 6.57. The van der Waals surface area contributed by atoms with Gasteiger partial charge in [0, 0.05) is 25.8 Å². The Bertz CT molecular complexity index is 601. The second kappa shape index (κ2) is 5.40. The van der Waals surface area contributed by atoms with Crippen molar-refractivity contribution in [1.82, 2.24) is 19.6 Å². The smallest absolute Gasteiger partial charge is 0.348 e. The first-order chi connectivity index (χ1) is 9.33. The van der Waals surface area contributed by atoms with E-state index in [-0.39, 0.29) is 5.69 Å². The molecule has 7 nitrogen and oxygen atoms in total. The molecule has 0 spiro atoms. The standard InChI is InChI=1S/C12H17N5O2/c18-12-16-15-11-6-10(14-8-17(11)12)13-4-1-5-19-7-9-2-3-9/h6,8-9,13H,1-5,7H2,(H,16,18). The highest BCUT2D eigenvalue weighted by molar-refractivity contribution is 5.48. The SMILES string of the molecule is O=c1[nH]nc2cc(NCCCOCC3CC3)ncn12. The molecule has 7 heteroatoms. The molecule has 0 aliphatic heterocycles. The lowest BCUT2D eigenvalue weighted by Crippen LogP contribution is -2.11. The fraction of sp³-hybridized carbons (Fsp3) is 0.583. The molecule has 102 valence electrons. The Hall–Kier alpha value is -1.89. The molecule has 2 N–H and O–H groups in total. The van der Waals surface area contributed by atoms with Gasteiger partial charge in [0.25, 0.3) is 0 Å². The number of anilines is 1. The van der Waals surface area contributed by atoms with Crippen LogP contribution in [0.1, 0.15) is 19.3 Å². The highest BCUT2D eigenvalue weighted by Crippen LogP contribution is 2.28. The molecule has 0 aromatic carbocycles. The van der Waals surface area contributed by atoms with Gasteiger partial charge >= 0.3 is 5.69 Å². The van der Waals surface area contributed by atoms with Gasteiger partial charge in [0.2, 0.25) is 0 Å². The summed E-state index contributed by atoms with van der Waals surface area (Å²) in [6, 6.07) is 1.74. The van der Waals surface area contributed by atoms with E-state index in [0.717, 1.165) is 32.1 Å². The van der Waals surface area contributed by atoms with Crippen molar-refractivity contribution in [3.05, 3.63) is 22.9 Å². The Labute approximate surface area is 110 Å². The van der Waals surface area contributed by atoms with E-state index < -0.39 is 0 Å². The van der Waals surface area contributed by atoms with Crippen molar-refractivity contribution in [2.45, 2.75) is 19.3 Å². The van der Waals surface area contributed by atoms with Gasteiger partial charge < -0.3 is 10.1 Å². The average Bonchev–Trinajstić information content (AvgIpc) is 3.18. The molecule has 1 aliphatic carbocycles. The van der Waals surface area contributed by atoms with E-state index in [1.54, 1.807) is 6.07 Å². The number of nitrogens with zero attached hydrogens (tertiary/aromatic N) is 3. The number of aromatic amines is 1. The number of nitrogens with one attached hydrogen (secondary N) is 2. The minimum Gasteiger partial charge on any atom is -0.381 e. The van der Waals surface area contributed by atoms with Crippen LogP contribution in [0.2, 0.25) is 0 Å². The van der Waals surface area contributed by atoms with Crippen LogP contribution < -0.4 is 11.0 Å². The monoisotopic (exact) mass is 263 g/mol. The molecule has 19 heavy (non-hydrogen) atoms. The summed E-state index contributed by atoms with van der Waals surface area (Å²) < 4.78 is 6.91. The van der Waals surface area contributed by atoms with Gasteiger partial charge in [-0.15, -0.1) is 0 Å². The van der Waals surface area contributed by atoms with Gasteiger partial charge in [-0.3, -0.25) is 0 Å². The lowest BCUT2D eigenvalue weighted by Gasteiger charge is -2.06. The van der Waals surface area contributed by atoms with Gasteiger partial charge in [0.1, 0.15) is 12.1 Å². The number of hydrogen-bond acceptors (Lipinski definition) is 5. The van der Waals surface area contributed by atoms with Crippen LogP contribution in [0, 0.1) is 5.92 Å². The molecule has 1 aliphatic rings. The molecule has 2 heterocycles. The normalized spacial score (nSPS) is 14.9. The van der Waals surface area contributed by atoms with E-state index in [0.29, 0.717) is 11.5 Å². The Morgan fingerprint density at radius 2 is 2.42 bits per heavy atom. The zero-order valence-corrected chi connectivity index (χ0v) is 10.6. The van der Waals surface area contributed by atoms with E-state index in [1.807, 2.05) is 0 Å². The third-order valence-corrected chi connectivity index (χ3v) is 3.13. The van der Waals surface area contributed by atoms with Gasteiger partial charge in [-0.2, -0.15) is 5.10 Å². The number of H-pyrrole nitrogens is 1. The summed E-state index contributed by atoms with van der Waals surface area (Å²) >= 11 is 0. The number of aromatic nitrogens is 4. The lowest BCUT2D eigenvalue weighted by atomic mass is 10.4. The van der Waals surface area contributed by atoms with Crippen molar-refractivity contribution in [2.75, 3.05) is 25.1 Å². The summed E-state index contributed by atoms with van der Waals surface area (Å²) in [6.45, 7) is 2.47. The second-order valence-electron chi connectivity index (χ2n) is 4.83. The van der Waals surface area contributed by atoms with Gasteiger partial charge in [0.05, 0.1) is 0 Å². The Kier molecular flexibility index (Phi) is 3.45. The van der Waals surface area contributed by atoms with Crippen LogP contribution in [-0.4, -0.2) is 39.3 Å². The first kappa shape index (κ1) is 12.2. The molecule has 1 saturated carbocycles. The predicted octanol–water partition coefficient (Wildman–Crippen LogP) is 0.646. The summed E-state index contributed by atoms with van der Waals surface area (Å²) in [5, 5.41) is 9.45. The maximum absolute atomic E-state index is 11.3. The van der Waals surface area contributed by atoms with Crippen LogP contribution in [0.15, 0.2) is 17.2 Å². The molecule has 0 atom stereocenters. The Morgan fingerprint density at radius 3 is 3.26 bits per heavy atom. The second-order valence-corrected chi connectivity index (χ2v) is 4.83. The van der Waals surface area contributed by atoms with E-state index in [1.165, 1.54) is 23.6 Å². The van der Waals surface area contributed by atoms with Crippen molar-refractivity contribution in [3.63, 3.8) is 0 Å². The molecule has 0 unspecified atom stereocenters. The van der Waals surface area contributed by atoms with Crippen LogP contribution in [-0.2, 0) is 4.74 Å². The number of hydrogen-bond donors (Lipinski definition) is 2. The lowest BCUT2D eigenvalue weighted by molar-refractivity contribution is 0.124. The maximum Gasteiger partial charge on any atom is 0.348 e. The van der Waals surface area contributed by atoms with Crippen molar-refractivity contribution in [1.29, 1.82) is 0 Å². The van der Waals surface area contributed by atoms with Crippen molar-refractivity contribution in [2.24, 2.45) is 5.92 Å². The molecule has 1 fully saturated rings. The minimum absolute atomic E-state index is 0.275. The molecular formula is C12H17N5O2. The highest BCUT2D eigenvalue weighted by Gasteiger charge is 2.20. The van der Waals surface area contributed by atoms with Gasteiger partial charge in [-0.05, 0) is 25.2 Å². The largest absolute Gasteiger partial charge is 0.381 e. The molecule has 0 bridgehead atoms. The van der Waals surface area contributed by atoms with E-state index in [2.05, 4.69) is 20.5 Å². The van der Waals surface area contributed by atoms with Gasteiger partial charge in [0.15, 0.2) is 5.65 Å². The molecular weight excluding hydrogens is 246 g/mol. The van der Waals surface area contributed by atoms with E-state index in [4.69, 9.17) is 4.74 Å². The van der Waals surface area contributed by atoms with Crippen LogP contribution in [0.3, 0.4) is 0 Å². The molecule has 2 aromatic rings. The van der Waals surface area contributed by atoms with Gasteiger partial charge in [-0.25, -0.2) is 19.3 Å².